The van der Waals surface area contributed by atoms with Crippen LogP contribution in [0.2, 0.25) is 0 Å². The van der Waals surface area contributed by atoms with Crippen LogP contribution in [0.3, 0.4) is 0 Å². The number of likely N-dealkylation sites (N-methyl/N-ethyl adjacent to an activating group) is 1. The molecule has 0 spiro atoms. The lowest BCUT2D eigenvalue weighted by Gasteiger charge is -2.32. The van der Waals surface area contributed by atoms with Gasteiger partial charge in [0.15, 0.2) is 0 Å². The van der Waals surface area contributed by atoms with Crippen LogP contribution in [0.15, 0.2) is 0 Å². The average molecular weight is 279 g/mol. The van der Waals surface area contributed by atoms with Crippen molar-refractivity contribution in [3.8, 4) is 6.07 Å². The summed E-state index contributed by atoms with van der Waals surface area (Å²) in [4.78, 5) is 2.25. The van der Waals surface area contributed by atoms with Gasteiger partial charge in [-0.15, -0.1) is 0 Å². The highest BCUT2D eigenvalue weighted by Crippen LogP contribution is 2.39. The molecule has 0 amide bonds. The molecule has 1 N–H and O–H groups in total. The van der Waals surface area contributed by atoms with Crippen LogP contribution in [0.5, 0.6) is 0 Å². The molecule has 2 rings (SSSR count). The van der Waals surface area contributed by atoms with Gasteiger partial charge in [-0.3, -0.25) is 5.32 Å². The van der Waals surface area contributed by atoms with Crippen molar-refractivity contribution in [3.05, 3.63) is 0 Å². The van der Waals surface area contributed by atoms with Crippen LogP contribution in [0.4, 0.5) is 0 Å². The Balaban J connectivity index is 1.72. The van der Waals surface area contributed by atoms with Crippen molar-refractivity contribution in [1.82, 2.24) is 10.2 Å². The molecule has 0 radical (unpaired) electrons. The van der Waals surface area contributed by atoms with Gasteiger partial charge in [0.05, 0.1) is 12.7 Å². The van der Waals surface area contributed by atoms with E-state index in [0.717, 1.165) is 45.2 Å². The topological polar surface area (TPSA) is 48.3 Å². The van der Waals surface area contributed by atoms with E-state index in [0.29, 0.717) is 5.92 Å². The van der Waals surface area contributed by atoms with Crippen molar-refractivity contribution >= 4 is 0 Å². The molecule has 0 aromatic carbocycles. The first-order chi connectivity index (χ1) is 9.70. The van der Waals surface area contributed by atoms with Crippen molar-refractivity contribution in [2.45, 2.75) is 44.6 Å². The van der Waals surface area contributed by atoms with E-state index < -0.39 is 0 Å². The molecule has 0 aromatic heterocycles. The van der Waals surface area contributed by atoms with E-state index in [1.807, 2.05) is 0 Å². The SMILES string of the molecule is CCCNC(C#N)(CN(C)CCOCC1CC1)C1CC1. The molecule has 20 heavy (non-hydrogen) atoms. The van der Waals surface area contributed by atoms with Gasteiger partial charge in [-0.05, 0) is 57.5 Å². The maximum absolute atomic E-state index is 9.64. The van der Waals surface area contributed by atoms with Crippen molar-refractivity contribution in [2.75, 3.05) is 39.9 Å². The number of nitriles is 1. The third-order valence-electron chi connectivity index (χ3n) is 4.35. The summed E-state index contributed by atoms with van der Waals surface area (Å²) in [5.41, 5.74) is -0.346. The first kappa shape index (κ1) is 15.8. The fraction of sp³-hybridized carbons (Fsp3) is 0.938. The molecule has 2 aliphatic rings. The standard InChI is InChI=1S/C16H29N3O/c1-3-8-18-16(12-17,15-6-7-15)13-19(2)9-10-20-11-14-4-5-14/h14-15,18H,3-11,13H2,1-2H3. The van der Waals surface area contributed by atoms with E-state index in [1.165, 1.54) is 25.7 Å². The molecule has 2 aliphatic carbocycles. The van der Waals surface area contributed by atoms with Crippen LogP contribution < -0.4 is 5.32 Å². The zero-order valence-electron chi connectivity index (χ0n) is 13.0. The second-order valence-electron chi connectivity index (χ2n) is 6.54. The van der Waals surface area contributed by atoms with E-state index in [2.05, 4.69) is 30.3 Å². The fourth-order valence-electron chi connectivity index (χ4n) is 2.68. The minimum atomic E-state index is -0.346. The normalized spacial score (nSPS) is 21.7. The third kappa shape index (κ3) is 4.73. The van der Waals surface area contributed by atoms with Crippen LogP contribution in [0.25, 0.3) is 0 Å². The molecule has 0 bridgehead atoms. The van der Waals surface area contributed by atoms with Gasteiger partial charge in [0.2, 0.25) is 0 Å². The number of rotatable bonds is 11. The molecular weight excluding hydrogens is 250 g/mol. The maximum Gasteiger partial charge on any atom is 0.122 e. The molecule has 1 atom stereocenters. The van der Waals surface area contributed by atoms with Crippen LogP contribution in [-0.4, -0.2) is 50.3 Å². The van der Waals surface area contributed by atoms with Crippen molar-refractivity contribution in [2.24, 2.45) is 11.8 Å². The highest BCUT2D eigenvalue weighted by molar-refractivity contribution is 5.16. The monoisotopic (exact) mass is 279 g/mol. The largest absolute Gasteiger partial charge is 0.380 e. The summed E-state index contributed by atoms with van der Waals surface area (Å²) in [5.74, 6) is 1.37. The van der Waals surface area contributed by atoms with Gasteiger partial charge >= 0.3 is 0 Å². The molecule has 0 heterocycles. The summed E-state index contributed by atoms with van der Waals surface area (Å²) < 4.78 is 5.69. The van der Waals surface area contributed by atoms with E-state index in [4.69, 9.17) is 4.74 Å². The highest BCUT2D eigenvalue weighted by Gasteiger charge is 2.45. The lowest BCUT2D eigenvalue weighted by molar-refractivity contribution is 0.0958. The minimum absolute atomic E-state index is 0.346. The summed E-state index contributed by atoms with van der Waals surface area (Å²) in [6.07, 6.45) is 6.14. The van der Waals surface area contributed by atoms with Gasteiger partial charge in [0, 0.05) is 19.7 Å². The second kappa shape index (κ2) is 7.40. The summed E-state index contributed by atoms with van der Waals surface area (Å²) in [6, 6.07) is 2.57. The Morgan fingerprint density at radius 3 is 2.65 bits per heavy atom. The zero-order chi connectivity index (χ0) is 14.4. The molecule has 114 valence electrons. The summed E-state index contributed by atoms with van der Waals surface area (Å²) in [6.45, 7) is 6.51. The van der Waals surface area contributed by atoms with Crippen molar-refractivity contribution in [3.63, 3.8) is 0 Å². The fourth-order valence-corrected chi connectivity index (χ4v) is 2.68. The number of nitrogens with one attached hydrogen (secondary N) is 1. The first-order valence-electron chi connectivity index (χ1n) is 8.12. The van der Waals surface area contributed by atoms with Gasteiger partial charge in [-0.2, -0.15) is 5.26 Å². The summed E-state index contributed by atoms with van der Waals surface area (Å²) >= 11 is 0. The predicted octanol–water partition coefficient (Wildman–Crippen LogP) is 2.02. The number of hydrogen-bond acceptors (Lipinski definition) is 4. The van der Waals surface area contributed by atoms with E-state index in [-0.39, 0.29) is 5.54 Å². The molecule has 2 fully saturated rings. The van der Waals surface area contributed by atoms with Crippen LogP contribution >= 0.6 is 0 Å². The maximum atomic E-state index is 9.64. The average Bonchev–Trinajstić information content (AvgIpc) is 3.31. The Morgan fingerprint density at radius 1 is 1.35 bits per heavy atom. The lowest BCUT2D eigenvalue weighted by atomic mass is 9.94. The Hall–Kier alpha value is -0.630. The van der Waals surface area contributed by atoms with Gasteiger partial charge in [0.1, 0.15) is 5.54 Å². The lowest BCUT2D eigenvalue weighted by Crippen LogP contribution is -2.54. The number of hydrogen-bond donors (Lipinski definition) is 1. The summed E-state index contributed by atoms with van der Waals surface area (Å²) in [7, 11) is 2.10. The second-order valence-corrected chi connectivity index (χ2v) is 6.54. The van der Waals surface area contributed by atoms with Crippen molar-refractivity contribution in [1.29, 1.82) is 5.26 Å². The molecule has 1 unspecified atom stereocenters. The molecule has 0 aromatic rings. The number of ether oxygens (including phenoxy) is 1. The Bertz CT molecular complexity index is 333. The molecule has 0 saturated heterocycles. The molecule has 2 saturated carbocycles. The Kier molecular flexibility index (Phi) is 5.83. The molecule has 4 heteroatoms. The smallest absolute Gasteiger partial charge is 0.122 e. The van der Waals surface area contributed by atoms with Gasteiger partial charge < -0.3 is 9.64 Å². The van der Waals surface area contributed by atoms with Crippen LogP contribution in [0, 0.1) is 23.2 Å². The number of nitrogens with zero attached hydrogens (tertiary/aromatic N) is 2. The molecule has 4 nitrogen and oxygen atoms in total. The van der Waals surface area contributed by atoms with Gasteiger partial charge in [-0.25, -0.2) is 0 Å². The van der Waals surface area contributed by atoms with Crippen LogP contribution in [-0.2, 0) is 4.74 Å². The van der Waals surface area contributed by atoms with Gasteiger partial charge in [-0.1, -0.05) is 6.92 Å². The minimum Gasteiger partial charge on any atom is -0.380 e. The predicted molar refractivity (Wildman–Crippen MR) is 80.4 cm³/mol. The van der Waals surface area contributed by atoms with E-state index in [9.17, 15) is 5.26 Å². The van der Waals surface area contributed by atoms with Crippen LogP contribution in [0.1, 0.15) is 39.0 Å². The Labute approximate surface area is 123 Å². The highest BCUT2D eigenvalue weighted by atomic mass is 16.5. The molecule has 0 aliphatic heterocycles. The van der Waals surface area contributed by atoms with Gasteiger partial charge in [0.25, 0.3) is 0 Å². The van der Waals surface area contributed by atoms with E-state index >= 15 is 0 Å². The first-order valence-corrected chi connectivity index (χ1v) is 8.12. The zero-order valence-corrected chi connectivity index (χ0v) is 13.0. The van der Waals surface area contributed by atoms with Crippen molar-refractivity contribution < 1.29 is 4.74 Å². The summed E-state index contributed by atoms with van der Waals surface area (Å²) in [5, 5.41) is 13.1. The third-order valence-corrected chi connectivity index (χ3v) is 4.35. The Morgan fingerprint density at radius 2 is 2.10 bits per heavy atom. The van der Waals surface area contributed by atoms with E-state index in [1.54, 1.807) is 0 Å². The molecular formula is C16H29N3O. The quantitative estimate of drug-likeness (QED) is 0.588.